The summed E-state index contributed by atoms with van der Waals surface area (Å²) in [5.41, 5.74) is 8.87. The zero-order chi connectivity index (χ0) is 14.7. The molecule has 1 aromatic heterocycles. The van der Waals surface area contributed by atoms with Crippen LogP contribution in [0.15, 0.2) is 23.6 Å². The number of nitrogens with one attached hydrogen (secondary N) is 1. The Morgan fingerprint density at radius 3 is 2.59 bits per heavy atom. The minimum Gasteiger partial charge on any atom is -0.399 e. The molecule has 1 amide bonds. The number of hydrogen-bond acceptors (Lipinski definition) is 4. The minimum absolute atomic E-state index is 0. The normalized spacial score (nSPS) is 11.0. The third-order valence-corrected chi connectivity index (χ3v) is 4.23. The van der Waals surface area contributed by atoms with Crippen LogP contribution in [0.25, 0.3) is 0 Å². The van der Waals surface area contributed by atoms with Gasteiger partial charge in [0.2, 0.25) is 0 Å². The number of carbonyl (C=O) groups is 1. The fraction of sp³-hybridized carbons (Fsp3) is 0.333. The molecule has 2 aromatic rings. The molecule has 0 spiro atoms. The number of aryl methyl sites for hydroxylation is 2. The van der Waals surface area contributed by atoms with Crippen molar-refractivity contribution < 1.29 is 4.79 Å². The molecule has 1 unspecified atom stereocenters. The Hall–Kier alpha value is -1.30. The van der Waals surface area contributed by atoms with E-state index in [9.17, 15) is 4.79 Å². The maximum Gasteiger partial charge on any atom is 0.252 e. The van der Waals surface area contributed by atoms with Crippen molar-refractivity contribution >= 4 is 47.7 Å². The Morgan fingerprint density at radius 1 is 1.36 bits per heavy atom. The molecule has 0 radical (unpaired) electrons. The summed E-state index contributed by atoms with van der Waals surface area (Å²) in [6.07, 6.45) is 0.806. The zero-order valence-corrected chi connectivity index (χ0v) is 15.2. The Bertz CT molecular complexity index is 631. The molecule has 122 valence electrons. The van der Waals surface area contributed by atoms with Crippen LogP contribution < -0.4 is 11.1 Å². The van der Waals surface area contributed by atoms with Crippen molar-refractivity contribution in [2.24, 2.45) is 0 Å². The summed E-state index contributed by atoms with van der Waals surface area (Å²) in [5, 5.41) is 5.97. The van der Waals surface area contributed by atoms with Crippen molar-refractivity contribution in [1.29, 1.82) is 0 Å². The smallest absolute Gasteiger partial charge is 0.252 e. The van der Waals surface area contributed by atoms with Gasteiger partial charge in [0, 0.05) is 22.3 Å². The lowest BCUT2D eigenvalue weighted by molar-refractivity contribution is 0.0935. The van der Waals surface area contributed by atoms with Crippen molar-refractivity contribution in [1.82, 2.24) is 10.3 Å². The Kier molecular flexibility index (Phi) is 8.45. The number of halogens is 2. The predicted molar refractivity (Wildman–Crippen MR) is 97.4 cm³/mol. The fourth-order valence-corrected chi connectivity index (χ4v) is 2.92. The van der Waals surface area contributed by atoms with Gasteiger partial charge in [-0.15, -0.1) is 36.2 Å². The van der Waals surface area contributed by atoms with E-state index in [2.05, 4.69) is 10.3 Å². The Labute approximate surface area is 147 Å². The fourth-order valence-electron chi connectivity index (χ4n) is 1.99. The van der Waals surface area contributed by atoms with Crippen molar-refractivity contribution in [2.75, 3.05) is 5.73 Å². The summed E-state index contributed by atoms with van der Waals surface area (Å²) in [7, 11) is 0. The first kappa shape index (κ1) is 20.7. The van der Waals surface area contributed by atoms with E-state index in [1.165, 1.54) is 0 Å². The van der Waals surface area contributed by atoms with Crippen LogP contribution in [-0.4, -0.2) is 10.9 Å². The average molecular weight is 362 g/mol. The molecule has 0 bridgehead atoms. The second-order valence-electron chi connectivity index (χ2n) is 4.84. The minimum atomic E-state index is -0.102. The maximum absolute atomic E-state index is 12.4. The van der Waals surface area contributed by atoms with E-state index >= 15 is 0 Å². The maximum atomic E-state index is 12.4. The van der Waals surface area contributed by atoms with Crippen LogP contribution in [0.2, 0.25) is 0 Å². The molecule has 0 saturated heterocycles. The van der Waals surface area contributed by atoms with Gasteiger partial charge in [0.1, 0.15) is 5.01 Å². The molecular weight excluding hydrogens is 341 g/mol. The number of anilines is 1. The number of nitrogen functional groups attached to an aromatic ring is 1. The molecule has 22 heavy (non-hydrogen) atoms. The third kappa shape index (κ3) is 4.87. The lowest BCUT2D eigenvalue weighted by atomic mass is 10.1. The molecule has 4 nitrogen and oxygen atoms in total. The summed E-state index contributed by atoms with van der Waals surface area (Å²) in [6.45, 7) is 5.90. The SMILES string of the molecule is CCC(NC(=O)c1cc(N)ccc1C)c1nc(C)cs1.Cl.Cl. The van der Waals surface area contributed by atoms with E-state index in [-0.39, 0.29) is 36.8 Å². The number of nitrogens with two attached hydrogens (primary N) is 1. The quantitative estimate of drug-likeness (QED) is 0.806. The molecule has 0 aliphatic rings. The highest BCUT2D eigenvalue weighted by Crippen LogP contribution is 2.22. The molecule has 1 aromatic carbocycles. The van der Waals surface area contributed by atoms with Gasteiger partial charge in [0.15, 0.2) is 0 Å². The molecule has 0 aliphatic carbocycles. The van der Waals surface area contributed by atoms with Crippen LogP contribution in [0.5, 0.6) is 0 Å². The lowest BCUT2D eigenvalue weighted by Gasteiger charge is -2.15. The number of amides is 1. The highest BCUT2D eigenvalue weighted by Gasteiger charge is 2.18. The van der Waals surface area contributed by atoms with E-state index in [1.54, 1.807) is 23.5 Å². The monoisotopic (exact) mass is 361 g/mol. The van der Waals surface area contributed by atoms with Gasteiger partial charge in [0.25, 0.3) is 5.91 Å². The van der Waals surface area contributed by atoms with E-state index in [1.807, 2.05) is 32.2 Å². The molecule has 0 aliphatic heterocycles. The van der Waals surface area contributed by atoms with E-state index in [4.69, 9.17) is 5.73 Å². The molecule has 2 rings (SSSR count). The van der Waals surface area contributed by atoms with Gasteiger partial charge >= 0.3 is 0 Å². The number of hydrogen-bond donors (Lipinski definition) is 2. The average Bonchev–Trinajstić information content (AvgIpc) is 2.85. The predicted octanol–water partition coefficient (Wildman–Crippen LogP) is 4.07. The molecule has 1 heterocycles. The second-order valence-corrected chi connectivity index (χ2v) is 5.73. The van der Waals surface area contributed by atoms with Crippen LogP contribution in [0, 0.1) is 13.8 Å². The standard InChI is InChI=1S/C15H19N3OS.2ClH/c1-4-13(15-17-10(3)8-20-15)18-14(19)12-7-11(16)6-5-9(12)2;;/h5-8,13H,4,16H2,1-3H3,(H,18,19);2*1H. The molecule has 0 fully saturated rings. The molecule has 0 saturated carbocycles. The lowest BCUT2D eigenvalue weighted by Crippen LogP contribution is -2.28. The Morgan fingerprint density at radius 2 is 2.05 bits per heavy atom. The second kappa shape index (κ2) is 8.98. The number of aromatic nitrogens is 1. The van der Waals surface area contributed by atoms with Crippen LogP contribution in [0.3, 0.4) is 0 Å². The first-order valence-corrected chi connectivity index (χ1v) is 7.48. The first-order chi connectivity index (χ1) is 9.51. The van der Waals surface area contributed by atoms with E-state index in [0.717, 1.165) is 22.7 Å². The van der Waals surface area contributed by atoms with Crippen LogP contribution in [0.4, 0.5) is 5.69 Å². The van der Waals surface area contributed by atoms with Gasteiger partial charge in [-0.1, -0.05) is 13.0 Å². The summed E-state index contributed by atoms with van der Waals surface area (Å²) in [6, 6.07) is 5.32. The largest absolute Gasteiger partial charge is 0.399 e. The van der Waals surface area contributed by atoms with Gasteiger partial charge in [0.05, 0.1) is 6.04 Å². The number of rotatable bonds is 4. The van der Waals surface area contributed by atoms with Crippen LogP contribution >= 0.6 is 36.2 Å². The molecule has 7 heteroatoms. The van der Waals surface area contributed by atoms with E-state index in [0.29, 0.717) is 11.3 Å². The van der Waals surface area contributed by atoms with E-state index < -0.39 is 0 Å². The number of nitrogens with zero attached hydrogens (tertiary/aromatic N) is 1. The number of thiazole rings is 1. The van der Waals surface area contributed by atoms with Gasteiger partial charge in [-0.05, 0) is 38.0 Å². The van der Waals surface area contributed by atoms with Crippen molar-refractivity contribution in [3.63, 3.8) is 0 Å². The number of benzene rings is 1. The first-order valence-electron chi connectivity index (χ1n) is 6.60. The van der Waals surface area contributed by atoms with Gasteiger partial charge < -0.3 is 11.1 Å². The third-order valence-electron chi connectivity index (χ3n) is 3.15. The Balaban J connectivity index is 0.00000220. The van der Waals surface area contributed by atoms with Gasteiger partial charge in [-0.3, -0.25) is 4.79 Å². The van der Waals surface area contributed by atoms with Crippen LogP contribution in [-0.2, 0) is 0 Å². The number of carbonyl (C=O) groups excluding carboxylic acids is 1. The zero-order valence-electron chi connectivity index (χ0n) is 12.8. The summed E-state index contributed by atoms with van der Waals surface area (Å²) < 4.78 is 0. The van der Waals surface area contributed by atoms with Gasteiger partial charge in [-0.2, -0.15) is 0 Å². The van der Waals surface area contributed by atoms with Gasteiger partial charge in [-0.25, -0.2) is 4.98 Å². The highest BCUT2D eigenvalue weighted by molar-refractivity contribution is 7.09. The van der Waals surface area contributed by atoms with Crippen molar-refractivity contribution in [3.8, 4) is 0 Å². The summed E-state index contributed by atoms with van der Waals surface area (Å²) >= 11 is 1.58. The topological polar surface area (TPSA) is 68.0 Å². The molecule has 3 N–H and O–H groups in total. The molecule has 1 atom stereocenters. The summed E-state index contributed by atoms with van der Waals surface area (Å²) in [5.74, 6) is -0.102. The van der Waals surface area contributed by atoms with Crippen molar-refractivity contribution in [2.45, 2.75) is 33.2 Å². The van der Waals surface area contributed by atoms with Crippen molar-refractivity contribution in [3.05, 3.63) is 45.4 Å². The summed E-state index contributed by atoms with van der Waals surface area (Å²) in [4.78, 5) is 16.8. The van der Waals surface area contributed by atoms with Crippen LogP contribution in [0.1, 0.15) is 46.0 Å². The highest BCUT2D eigenvalue weighted by atomic mass is 35.5. The molecular formula is C15H21Cl2N3OS.